The number of nitrogens with zero attached hydrogens (tertiary/aromatic N) is 1. The van der Waals surface area contributed by atoms with E-state index in [2.05, 4.69) is 39.9 Å². The van der Waals surface area contributed by atoms with E-state index >= 15 is 0 Å². The first kappa shape index (κ1) is 12.6. The van der Waals surface area contributed by atoms with E-state index in [1.54, 1.807) is 0 Å². The summed E-state index contributed by atoms with van der Waals surface area (Å²) in [5, 5.41) is 0. The molecule has 0 aromatic carbocycles. The van der Waals surface area contributed by atoms with E-state index < -0.39 is 0 Å². The lowest BCUT2D eigenvalue weighted by molar-refractivity contribution is 0.234. The Morgan fingerprint density at radius 1 is 1.56 bits per heavy atom. The van der Waals surface area contributed by atoms with Gasteiger partial charge in [-0.15, -0.1) is 11.3 Å². The zero-order valence-electron chi connectivity index (χ0n) is 9.66. The highest BCUT2D eigenvalue weighted by atomic mass is 79.9. The minimum absolute atomic E-state index is 0.557. The van der Waals surface area contributed by atoms with Gasteiger partial charge in [-0.2, -0.15) is 0 Å². The lowest BCUT2D eigenvalue weighted by atomic mass is 9.99. The molecule has 1 aromatic rings. The first-order valence-electron chi connectivity index (χ1n) is 5.95. The van der Waals surface area contributed by atoms with Crippen molar-refractivity contribution in [3.05, 3.63) is 20.8 Å². The summed E-state index contributed by atoms with van der Waals surface area (Å²) in [6.07, 6.45) is 2.47. The van der Waals surface area contributed by atoms with Crippen LogP contribution in [0.25, 0.3) is 0 Å². The van der Waals surface area contributed by atoms with Gasteiger partial charge < -0.3 is 5.73 Å². The molecule has 1 fully saturated rings. The number of likely N-dealkylation sites (tertiary alicyclic amines) is 1. The molecule has 2 nitrogen and oxygen atoms in total. The first-order valence-corrected chi connectivity index (χ1v) is 7.56. The van der Waals surface area contributed by atoms with Crippen LogP contribution in [0.5, 0.6) is 0 Å². The number of nitrogens with two attached hydrogens (primary N) is 1. The Labute approximate surface area is 110 Å². The average molecular weight is 303 g/mol. The standard InChI is InChI=1S/C12H19BrN2S/c1-2-6-15-7-5-9(8-14)12(15)10-3-4-11(13)16-10/h3-4,9,12H,2,5-8,14H2,1H3. The lowest BCUT2D eigenvalue weighted by Crippen LogP contribution is -2.28. The van der Waals surface area contributed by atoms with Crippen LogP contribution in [-0.2, 0) is 0 Å². The molecule has 0 amide bonds. The van der Waals surface area contributed by atoms with Crippen LogP contribution >= 0.6 is 27.3 Å². The van der Waals surface area contributed by atoms with Crippen LogP contribution in [0.3, 0.4) is 0 Å². The summed E-state index contributed by atoms with van der Waals surface area (Å²) in [6.45, 7) is 5.45. The summed E-state index contributed by atoms with van der Waals surface area (Å²) in [6, 6.07) is 4.95. The van der Waals surface area contributed by atoms with E-state index in [0.29, 0.717) is 12.0 Å². The highest BCUT2D eigenvalue weighted by molar-refractivity contribution is 9.11. The van der Waals surface area contributed by atoms with Crippen LogP contribution in [0.15, 0.2) is 15.9 Å². The zero-order chi connectivity index (χ0) is 11.5. The van der Waals surface area contributed by atoms with Gasteiger partial charge in [0.15, 0.2) is 0 Å². The quantitative estimate of drug-likeness (QED) is 0.925. The fourth-order valence-electron chi connectivity index (χ4n) is 2.61. The van der Waals surface area contributed by atoms with Gasteiger partial charge in [-0.05, 0) is 66.5 Å². The maximum Gasteiger partial charge on any atom is 0.0701 e. The Balaban J connectivity index is 2.18. The van der Waals surface area contributed by atoms with Gasteiger partial charge >= 0.3 is 0 Å². The van der Waals surface area contributed by atoms with Crippen LogP contribution < -0.4 is 5.73 Å². The van der Waals surface area contributed by atoms with Crippen molar-refractivity contribution in [3.8, 4) is 0 Å². The fraction of sp³-hybridized carbons (Fsp3) is 0.667. The largest absolute Gasteiger partial charge is 0.330 e. The SMILES string of the molecule is CCCN1CCC(CN)C1c1ccc(Br)s1. The number of rotatable bonds is 4. The Bertz CT molecular complexity index is 340. The summed E-state index contributed by atoms with van der Waals surface area (Å²) >= 11 is 5.40. The van der Waals surface area contributed by atoms with Crippen molar-refractivity contribution in [1.29, 1.82) is 0 Å². The molecule has 0 saturated carbocycles. The van der Waals surface area contributed by atoms with Crippen molar-refractivity contribution < 1.29 is 0 Å². The van der Waals surface area contributed by atoms with Crippen molar-refractivity contribution in [1.82, 2.24) is 4.90 Å². The average Bonchev–Trinajstić information content (AvgIpc) is 2.85. The van der Waals surface area contributed by atoms with Crippen molar-refractivity contribution in [2.24, 2.45) is 11.7 Å². The van der Waals surface area contributed by atoms with E-state index in [0.717, 1.165) is 6.54 Å². The molecule has 2 rings (SSSR count). The topological polar surface area (TPSA) is 29.3 Å². The molecule has 16 heavy (non-hydrogen) atoms. The summed E-state index contributed by atoms with van der Waals surface area (Å²) in [4.78, 5) is 4.06. The van der Waals surface area contributed by atoms with E-state index in [1.165, 1.54) is 34.6 Å². The van der Waals surface area contributed by atoms with Gasteiger partial charge in [-0.3, -0.25) is 4.90 Å². The van der Waals surface area contributed by atoms with Crippen LogP contribution in [0.4, 0.5) is 0 Å². The van der Waals surface area contributed by atoms with Gasteiger partial charge in [0.1, 0.15) is 0 Å². The van der Waals surface area contributed by atoms with Crippen LogP contribution in [0.1, 0.15) is 30.7 Å². The van der Waals surface area contributed by atoms with Gasteiger partial charge in [-0.25, -0.2) is 0 Å². The van der Waals surface area contributed by atoms with Crippen molar-refractivity contribution >= 4 is 27.3 Å². The molecule has 0 spiro atoms. The van der Waals surface area contributed by atoms with Crippen molar-refractivity contribution in [2.45, 2.75) is 25.8 Å². The lowest BCUT2D eigenvalue weighted by Gasteiger charge is -2.26. The molecule has 1 aliphatic rings. The van der Waals surface area contributed by atoms with Crippen molar-refractivity contribution in [3.63, 3.8) is 0 Å². The maximum absolute atomic E-state index is 5.89. The molecule has 2 N–H and O–H groups in total. The second-order valence-corrected chi connectivity index (χ2v) is 6.90. The molecule has 0 radical (unpaired) electrons. The van der Waals surface area contributed by atoms with E-state index in [4.69, 9.17) is 5.73 Å². The fourth-order valence-corrected chi connectivity index (χ4v) is 4.26. The molecule has 1 aromatic heterocycles. The van der Waals surface area contributed by atoms with Gasteiger partial charge in [0.05, 0.1) is 3.79 Å². The third-order valence-electron chi connectivity index (χ3n) is 3.33. The molecule has 0 aliphatic carbocycles. The second-order valence-electron chi connectivity index (χ2n) is 4.41. The van der Waals surface area contributed by atoms with Crippen LogP contribution in [0.2, 0.25) is 0 Å². The second kappa shape index (κ2) is 5.63. The number of halogens is 1. The van der Waals surface area contributed by atoms with E-state index in [-0.39, 0.29) is 0 Å². The number of hydrogen-bond acceptors (Lipinski definition) is 3. The normalized spacial score (nSPS) is 26.4. The summed E-state index contributed by atoms with van der Waals surface area (Å²) < 4.78 is 1.22. The summed E-state index contributed by atoms with van der Waals surface area (Å²) in [5.74, 6) is 0.636. The number of hydrogen-bond donors (Lipinski definition) is 1. The minimum Gasteiger partial charge on any atom is -0.330 e. The molecule has 90 valence electrons. The molecule has 0 bridgehead atoms. The van der Waals surface area contributed by atoms with Gasteiger partial charge in [-0.1, -0.05) is 6.92 Å². The van der Waals surface area contributed by atoms with Gasteiger partial charge in [0, 0.05) is 10.9 Å². The molecule has 4 heteroatoms. The van der Waals surface area contributed by atoms with Gasteiger partial charge in [0.2, 0.25) is 0 Å². The minimum atomic E-state index is 0.557. The molecule has 2 unspecified atom stereocenters. The predicted octanol–water partition coefficient (Wildman–Crippen LogP) is 3.24. The van der Waals surface area contributed by atoms with Crippen molar-refractivity contribution in [2.75, 3.05) is 19.6 Å². The smallest absolute Gasteiger partial charge is 0.0701 e. The maximum atomic E-state index is 5.89. The molecular weight excluding hydrogens is 284 g/mol. The van der Waals surface area contributed by atoms with E-state index in [1.807, 2.05) is 11.3 Å². The highest BCUT2D eigenvalue weighted by Crippen LogP contribution is 2.40. The molecule has 1 saturated heterocycles. The highest BCUT2D eigenvalue weighted by Gasteiger charge is 2.34. The van der Waals surface area contributed by atoms with Crippen LogP contribution in [0, 0.1) is 5.92 Å². The molecule has 1 aliphatic heterocycles. The monoisotopic (exact) mass is 302 g/mol. The Hall–Kier alpha value is 0.1000. The Kier molecular flexibility index (Phi) is 4.41. The summed E-state index contributed by atoms with van der Waals surface area (Å²) in [7, 11) is 0. The molecule has 2 atom stereocenters. The predicted molar refractivity (Wildman–Crippen MR) is 73.8 cm³/mol. The molecule has 2 heterocycles. The first-order chi connectivity index (χ1) is 7.76. The van der Waals surface area contributed by atoms with Crippen LogP contribution in [-0.4, -0.2) is 24.5 Å². The van der Waals surface area contributed by atoms with E-state index in [9.17, 15) is 0 Å². The van der Waals surface area contributed by atoms with Gasteiger partial charge in [0.25, 0.3) is 0 Å². The third-order valence-corrected chi connectivity index (χ3v) is 5.02. The third kappa shape index (κ3) is 2.50. The number of thiophene rings is 1. The Morgan fingerprint density at radius 2 is 2.38 bits per heavy atom. The summed E-state index contributed by atoms with van der Waals surface area (Å²) in [5.41, 5.74) is 5.89. The zero-order valence-corrected chi connectivity index (χ0v) is 12.1. The Morgan fingerprint density at radius 3 is 2.94 bits per heavy atom. The molecular formula is C12H19BrN2S.